The standard InChI is InChI=1S/C18H15N3O4/c1-10(22)19-12-6-3-5-11(9-12)16(23)20-14-8-4-7-13-15(14)18(25)21(2)17(13)24/h3-9H,1-2H3,(H,19,22)(H,20,23). The molecule has 2 aromatic rings. The summed E-state index contributed by atoms with van der Waals surface area (Å²) in [5.41, 5.74) is 1.52. The Morgan fingerprint density at radius 1 is 0.960 bits per heavy atom. The molecule has 3 rings (SSSR count). The molecule has 0 spiro atoms. The molecule has 0 atom stereocenters. The van der Waals surface area contributed by atoms with Crippen LogP contribution in [-0.2, 0) is 4.79 Å². The van der Waals surface area contributed by atoms with Crippen molar-refractivity contribution in [3.8, 4) is 0 Å². The highest BCUT2D eigenvalue weighted by Gasteiger charge is 2.35. The van der Waals surface area contributed by atoms with Crippen molar-refractivity contribution >= 4 is 35.0 Å². The van der Waals surface area contributed by atoms with Gasteiger partial charge in [0.25, 0.3) is 17.7 Å². The van der Waals surface area contributed by atoms with Crippen LogP contribution in [0.15, 0.2) is 42.5 Å². The monoisotopic (exact) mass is 337 g/mol. The third-order valence-electron chi connectivity index (χ3n) is 3.81. The molecule has 2 aromatic carbocycles. The maximum Gasteiger partial charge on any atom is 0.263 e. The highest BCUT2D eigenvalue weighted by atomic mass is 16.2. The number of rotatable bonds is 3. The second-order valence-corrected chi connectivity index (χ2v) is 5.61. The zero-order valence-corrected chi connectivity index (χ0v) is 13.6. The lowest BCUT2D eigenvalue weighted by molar-refractivity contribution is -0.114. The SMILES string of the molecule is CC(=O)Nc1cccc(C(=O)Nc2cccc3c2C(=O)N(C)C3=O)c1. The number of amides is 4. The molecule has 0 aromatic heterocycles. The van der Waals surface area contributed by atoms with Crippen LogP contribution in [-0.4, -0.2) is 35.6 Å². The molecule has 1 heterocycles. The number of imide groups is 1. The van der Waals surface area contributed by atoms with E-state index >= 15 is 0 Å². The molecule has 2 N–H and O–H groups in total. The fourth-order valence-electron chi connectivity index (χ4n) is 2.64. The normalized spacial score (nSPS) is 12.8. The lowest BCUT2D eigenvalue weighted by Crippen LogP contribution is -2.24. The third kappa shape index (κ3) is 2.99. The largest absolute Gasteiger partial charge is 0.326 e. The summed E-state index contributed by atoms with van der Waals surface area (Å²) in [7, 11) is 1.40. The maximum atomic E-state index is 12.5. The third-order valence-corrected chi connectivity index (χ3v) is 3.81. The average Bonchev–Trinajstić information content (AvgIpc) is 2.80. The Morgan fingerprint density at radius 3 is 2.40 bits per heavy atom. The van der Waals surface area contributed by atoms with Gasteiger partial charge in [0.2, 0.25) is 5.91 Å². The second kappa shape index (κ2) is 6.20. The van der Waals surface area contributed by atoms with Gasteiger partial charge in [-0.05, 0) is 30.3 Å². The number of carbonyl (C=O) groups is 4. The van der Waals surface area contributed by atoms with Crippen LogP contribution in [0.2, 0.25) is 0 Å². The summed E-state index contributed by atoms with van der Waals surface area (Å²) in [5, 5.41) is 5.26. The first kappa shape index (κ1) is 16.4. The van der Waals surface area contributed by atoms with Crippen molar-refractivity contribution in [2.45, 2.75) is 6.92 Å². The number of benzene rings is 2. The zero-order chi connectivity index (χ0) is 18.1. The van der Waals surface area contributed by atoms with Crippen LogP contribution in [0.3, 0.4) is 0 Å². The molecule has 25 heavy (non-hydrogen) atoms. The molecule has 0 bridgehead atoms. The molecule has 0 radical (unpaired) electrons. The van der Waals surface area contributed by atoms with Crippen molar-refractivity contribution in [1.82, 2.24) is 4.90 Å². The van der Waals surface area contributed by atoms with Crippen molar-refractivity contribution in [3.63, 3.8) is 0 Å². The van der Waals surface area contributed by atoms with Crippen molar-refractivity contribution in [2.75, 3.05) is 17.7 Å². The highest BCUT2D eigenvalue weighted by molar-refractivity contribution is 6.24. The molecule has 4 amide bonds. The Labute approximate surface area is 143 Å². The predicted molar refractivity (Wildman–Crippen MR) is 91.6 cm³/mol. The fraction of sp³-hybridized carbons (Fsp3) is 0.111. The molecule has 0 fully saturated rings. The summed E-state index contributed by atoms with van der Waals surface area (Å²) in [4.78, 5) is 48.9. The summed E-state index contributed by atoms with van der Waals surface area (Å²) in [5.74, 6) is -1.55. The van der Waals surface area contributed by atoms with Crippen LogP contribution in [0.4, 0.5) is 11.4 Å². The summed E-state index contributed by atoms with van der Waals surface area (Å²) in [6.45, 7) is 1.37. The van der Waals surface area contributed by atoms with E-state index in [9.17, 15) is 19.2 Å². The summed E-state index contributed by atoms with van der Waals surface area (Å²) < 4.78 is 0. The molecular formula is C18H15N3O4. The molecular weight excluding hydrogens is 322 g/mol. The van der Waals surface area contributed by atoms with Crippen molar-refractivity contribution in [3.05, 3.63) is 59.2 Å². The Hall–Kier alpha value is -3.48. The minimum absolute atomic E-state index is 0.182. The topological polar surface area (TPSA) is 95.6 Å². The second-order valence-electron chi connectivity index (χ2n) is 5.61. The van der Waals surface area contributed by atoms with Crippen LogP contribution >= 0.6 is 0 Å². The predicted octanol–water partition coefficient (Wildman–Crippen LogP) is 2.12. The van der Waals surface area contributed by atoms with E-state index in [-0.39, 0.29) is 22.7 Å². The van der Waals surface area contributed by atoms with Gasteiger partial charge in [-0.25, -0.2) is 0 Å². The van der Waals surface area contributed by atoms with Crippen molar-refractivity contribution < 1.29 is 19.2 Å². The maximum absolute atomic E-state index is 12.5. The van der Waals surface area contributed by atoms with Gasteiger partial charge in [-0.2, -0.15) is 0 Å². The number of hydrogen-bond acceptors (Lipinski definition) is 4. The van der Waals surface area contributed by atoms with Gasteiger partial charge in [0.15, 0.2) is 0 Å². The molecule has 0 saturated heterocycles. The van der Waals surface area contributed by atoms with Gasteiger partial charge in [0.05, 0.1) is 16.8 Å². The molecule has 0 aliphatic carbocycles. The lowest BCUT2D eigenvalue weighted by atomic mass is 10.1. The van der Waals surface area contributed by atoms with Crippen LogP contribution in [0.5, 0.6) is 0 Å². The molecule has 7 nitrogen and oxygen atoms in total. The smallest absolute Gasteiger partial charge is 0.263 e. The first-order valence-electron chi connectivity index (χ1n) is 7.53. The van der Waals surface area contributed by atoms with Crippen LogP contribution in [0.1, 0.15) is 38.0 Å². The van der Waals surface area contributed by atoms with Crippen molar-refractivity contribution in [1.29, 1.82) is 0 Å². The number of hydrogen-bond donors (Lipinski definition) is 2. The number of anilines is 2. The van der Waals surface area contributed by atoms with E-state index in [0.717, 1.165) is 4.90 Å². The van der Waals surface area contributed by atoms with E-state index in [0.29, 0.717) is 11.3 Å². The first-order chi connectivity index (χ1) is 11.9. The minimum Gasteiger partial charge on any atom is -0.326 e. The molecule has 7 heteroatoms. The summed E-state index contributed by atoms with van der Waals surface area (Å²) in [6, 6.07) is 11.1. The van der Waals surface area contributed by atoms with E-state index < -0.39 is 17.7 Å². The Morgan fingerprint density at radius 2 is 1.68 bits per heavy atom. The molecule has 1 aliphatic heterocycles. The van der Waals surface area contributed by atoms with E-state index in [1.807, 2.05) is 0 Å². The molecule has 0 saturated carbocycles. The van der Waals surface area contributed by atoms with Gasteiger partial charge in [-0.1, -0.05) is 12.1 Å². The van der Waals surface area contributed by atoms with Gasteiger partial charge >= 0.3 is 0 Å². The summed E-state index contributed by atoms with van der Waals surface area (Å²) >= 11 is 0. The number of nitrogens with zero attached hydrogens (tertiary/aromatic N) is 1. The minimum atomic E-state index is -0.456. The summed E-state index contributed by atoms with van der Waals surface area (Å²) in [6.07, 6.45) is 0. The molecule has 126 valence electrons. The van der Waals surface area contributed by atoms with Gasteiger partial charge in [0, 0.05) is 25.2 Å². The zero-order valence-electron chi connectivity index (χ0n) is 13.6. The van der Waals surface area contributed by atoms with E-state index in [1.165, 1.54) is 20.0 Å². The Kier molecular flexibility index (Phi) is 4.06. The van der Waals surface area contributed by atoms with Crippen LogP contribution in [0.25, 0.3) is 0 Å². The molecule has 1 aliphatic rings. The van der Waals surface area contributed by atoms with Crippen LogP contribution < -0.4 is 10.6 Å². The van der Waals surface area contributed by atoms with Gasteiger partial charge < -0.3 is 10.6 Å². The van der Waals surface area contributed by atoms with Gasteiger partial charge in [-0.15, -0.1) is 0 Å². The van der Waals surface area contributed by atoms with E-state index in [2.05, 4.69) is 10.6 Å². The van der Waals surface area contributed by atoms with E-state index in [4.69, 9.17) is 0 Å². The molecule has 0 unspecified atom stereocenters. The van der Waals surface area contributed by atoms with E-state index in [1.54, 1.807) is 36.4 Å². The lowest BCUT2D eigenvalue weighted by Gasteiger charge is -2.10. The number of carbonyl (C=O) groups excluding carboxylic acids is 4. The fourth-order valence-corrected chi connectivity index (χ4v) is 2.64. The Balaban J connectivity index is 1.90. The van der Waals surface area contributed by atoms with Gasteiger partial charge in [0.1, 0.15) is 0 Å². The number of fused-ring (bicyclic) bond motifs is 1. The number of nitrogens with one attached hydrogen (secondary N) is 2. The van der Waals surface area contributed by atoms with Crippen molar-refractivity contribution in [2.24, 2.45) is 0 Å². The van der Waals surface area contributed by atoms with Gasteiger partial charge in [-0.3, -0.25) is 24.1 Å². The quantitative estimate of drug-likeness (QED) is 0.839. The first-order valence-corrected chi connectivity index (χ1v) is 7.53. The van der Waals surface area contributed by atoms with Crippen LogP contribution in [0, 0.1) is 0 Å². The highest BCUT2D eigenvalue weighted by Crippen LogP contribution is 2.28. The average molecular weight is 337 g/mol. The Bertz CT molecular complexity index is 920.